The number of halogens is 3. The van der Waals surface area contributed by atoms with Crippen LogP contribution in [-0.4, -0.2) is 17.0 Å². The molecule has 0 bridgehead atoms. The summed E-state index contributed by atoms with van der Waals surface area (Å²) in [5.41, 5.74) is 0.275. The molecule has 0 unspecified atom stereocenters. The molecule has 0 fully saturated rings. The molecule has 0 radical (unpaired) electrons. The number of benzene rings is 1. The van der Waals surface area contributed by atoms with Crippen LogP contribution in [0, 0.1) is 11.6 Å². The van der Waals surface area contributed by atoms with Crippen molar-refractivity contribution in [1.29, 1.82) is 0 Å². The third-order valence-electron chi connectivity index (χ3n) is 2.10. The fourth-order valence-electron chi connectivity index (χ4n) is 1.38. The molecular weight excluding hydrogens is 248 g/mol. The zero-order chi connectivity index (χ0) is 12.4. The lowest BCUT2D eigenvalue weighted by molar-refractivity contribution is 0.616. The number of hydrogen-bond acceptors (Lipinski definition) is 3. The van der Waals surface area contributed by atoms with Crippen LogP contribution in [0.4, 0.5) is 14.7 Å². The largest absolute Gasteiger partial charge is 0.357 e. The Hall–Kier alpha value is -1.75. The molecule has 0 amide bonds. The molecule has 0 spiro atoms. The van der Waals surface area contributed by atoms with Crippen molar-refractivity contribution in [2.75, 3.05) is 12.4 Å². The molecule has 0 saturated heterocycles. The Kier molecular flexibility index (Phi) is 3.19. The van der Waals surface area contributed by atoms with Crippen molar-refractivity contribution in [3.63, 3.8) is 0 Å². The van der Waals surface area contributed by atoms with E-state index in [4.69, 9.17) is 11.6 Å². The minimum atomic E-state index is -0.634. The van der Waals surface area contributed by atoms with E-state index in [1.165, 1.54) is 6.07 Å². The molecule has 17 heavy (non-hydrogen) atoms. The third-order valence-corrected chi connectivity index (χ3v) is 2.32. The van der Waals surface area contributed by atoms with Crippen molar-refractivity contribution >= 4 is 17.5 Å². The molecule has 0 aliphatic heterocycles. The van der Waals surface area contributed by atoms with Crippen LogP contribution in [0.2, 0.25) is 5.02 Å². The van der Waals surface area contributed by atoms with E-state index in [1.54, 1.807) is 7.05 Å². The first-order valence-corrected chi connectivity index (χ1v) is 5.14. The van der Waals surface area contributed by atoms with Crippen molar-refractivity contribution in [2.24, 2.45) is 0 Å². The van der Waals surface area contributed by atoms with Gasteiger partial charge in [0.25, 0.3) is 0 Å². The molecule has 1 aromatic heterocycles. The molecule has 0 aliphatic rings. The van der Waals surface area contributed by atoms with Crippen LogP contribution in [0.15, 0.2) is 24.4 Å². The highest BCUT2D eigenvalue weighted by atomic mass is 35.5. The summed E-state index contributed by atoms with van der Waals surface area (Å²) in [7, 11) is 1.61. The van der Waals surface area contributed by atoms with Crippen molar-refractivity contribution < 1.29 is 8.78 Å². The van der Waals surface area contributed by atoms with Gasteiger partial charge in [-0.05, 0) is 18.2 Å². The average Bonchev–Trinajstić information content (AvgIpc) is 2.28. The maximum absolute atomic E-state index is 13.5. The van der Waals surface area contributed by atoms with Gasteiger partial charge in [-0.3, -0.25) is 0 Å². The standard InChI is InChI=1S/C11H8ClF2N3/c1-15-11-16-5-9(14)10(17-11)6-2-7(12)4-8(13)3-6/h2-5H,1H3,(H,15,16,17). The minimum Gasteiger partial charge on any atom is -0.357 e. The van der Waals surface area contributed by atoms with Gasteiger partial charge in [-0.2, -0.15) is 0 Å². The number of hydrogen-bond donors (Lipinski definition) is 1. The molecule has 0 aliphatic carbocycles. The summed E-state index contributed by atoms with van der Waals surface area (Å²) in [6.45, 7) is 0. The Morgan fingerprint density at radius 2 is 2.00 bits per heavy atom. The Balaban J connectivity index is 2.58. The summed E-state index contributed by atoms with van der Waals surface area (Å²) in [4.78, 5) is 7.62. The number of rotatable bonds is 2. The third kappa shape index (κ3) is 2.50. The molecular formula is C11H8ClF2N3. The molecule has 6 heteroatoms. The first kappa shape index (κ1) is 11.7. The highest BCUT2D eigenvalue weighted by molar-refractivity contribution is 6.30. The SMILES string of the molecule is CNc1ncc(F)c(-c2cc(F)cc(Cl)c2)n1. The molecule has 1 heterocycles. The monoisotopic (exact) mass is 255 g/mol. The fraction of sp³-hybridized carbons (Fsp3) is 0.0909. The van der Waals surface area contributed by atoms with Gasteiger partial charge in [0.05, 0.1) is 6.20 Å². The maximum atomic E-state index is 13.5. The fourth-order valence-corrected chi connectivity index (χ4v) is 1.60. The lowest BCUT2D eigenvalue weighted by atomic mass is 10.1. The lowest BCUT2D eigenvalue weighted by Gasteiger charge is -2.05. The van der Waals surface area contributed by atoms with Gasteiger partial charge >= 0.3 is 0 Å². The number of aromatic nitrogens is 2. The summed E-state index contributed by atoms with van der Waals surface area (Å²) < 4.78 is 26.7. The Bertz CT molecular complexity index is 540. The van der Waals surface area contributed by atoms with Crippen LogP contribution < -0.4 is 5.32 Å². The van der Waals surface area contributed by atoms with Gasteiger partial charge < -0.3 is 5.32 Å². The van der Waals surface area contributed by atoms with Gasteiger partial charge in [-0.15, -0.1) is 0 Å². The van der Waals surface area contributed by atoms with Crippen molar-refractivity contribution in [2.45, 2.75) is 0 Å². The van der Waals surface area contributed by atoms with Gasteiger partial charge in [-0.25, -0.2) is 18.7 Å². The zero-order valence-corrected chi connectivity index (χ0v) is 9.59. The first-order chi connectivity index (χ1) is 8.10. The summed E-state index contributed by atoms with van der Waals surface area (Å²) in [5.74, 6) is -0.927. The number of nitrogens with zero attached hydrogens (tertiary/aromatic N) is 2. The minimum absolute atomic E-state index is 0.00532. The van der Waals surface area contributed by atoms with Crippen LogP contribution in [-0.2, 0) is 0 Å². The maximum Gasteiger partial charge on any atom is 0.223 e. The molecule has 1 N–H and O–H groups in total. The smallest absolute Gasteiger partial charge is 0.223 e. The summed E-state index contributed by atoms with van der Waals surface area (Å²) in [5, 5.41) is 2.86. The van der Waals surface area contributed by atoms with Gasteiger partial charge in [0.15, 0.2) is 5.82 Å². The van der Waals surface area contributed by atoms with Crippen molar-refractivity contribution in [3.05, 3.63) is 41.1 Å². The Labute approximate surface area is 101 Å². The summed E-state index contributed by atoms with van der Waals surface area (Å²) >= 11 is 5.70. The van der Waals surface area contributed by atoms with E-state index in [1.807, 2.05) is 0 Å². The topological polar surface area (TPSA) is 37.8 Å². The summed E-state index contributed by atoms with van der Waals surface area (Å²) in [6, 6.07) is 3.75. The van der Waals surface area contributed by atoms with Gasteiger partial charge in [0, 0.05) is 17.6 Å². The Morgan fingerprint density at radius 3 is 2.65 bits per heavy atom. The quantitative estimate of drug-likeness (QED) is 0.896. The predicted molar refractivity (Wildman–Crippen MR) is 61.9 cm³/mol. The normalized spacial score (nSPS) is 10.4. The predicted octanol–water partition coefficient (Wildman–Crippen LogP) is 3.12. The van der Waals surface area contributed by atoms with Crippen LogP contribution in [0.1, 0.15) is 0 Å². The molecule has 1 aromatic carbocycles. The van der Waals surface area contributed by atoms with E-state index in [9.17, 15) is 8.78 Å². The zero-order valence-electron chi connectivity index (χ0n) is 8.84. The van der Waals surface area contributed by atoms with Crippen LogP contribution >= 0.6 is 11.6 Å². The molecule has 2 aromatic rings. The highest BCUT2D eigenvalue weighted by Gasteiger charge is 2.10. The van der Waals surface area contributed by atoms with Gasteiger partial charge in [0.1, 0.15) is 11.5 Å². The van der Waals surface area contributed by atoms with E-state index < -0.39 is 11.6 Å². The molecule has 0 atom stereocenters. The second-order valence-electron chi connectivity index (χ2n) is 3.30. The lowest BCUT2D eigenvalue weighted by Crippen LogP contribution is -2.00. The van der Waals surface area contributed by atoms with Crippen LogP contribution in [0.25, 0.3) is 11.3 Å². The molecule has 3 nitrogen and oxygen atoms in total. The van der Waals surface area contributed by atoms with E-state index in [2.05, 4.69) is 15.3 Å². The van der Waals surface area contributed by atoms with Crippen LogP contribution in [0.5, 0.6) is 0 Å². The highest BCUT2D eigenvalue weighted by Crippen LogP contribution is 2.25. The Morgan fingerprint density at radius 1 is 1.24 bits per heavy atom. The van der Waals surface area contributed by atoms with Crippen LogP contribution in [0.3, 0.4) is 0 Å². The van der Waals surface area contributed by atoms with E-state index in [-0.39, 0.29) is 22.2 Å². The number of nitrogens with one attached hydrogen (secondary N) is 1. The first-order valence-electron chi connectivity index (χ1n) is 4.77. The molecule has 88 valence electrons. The second-order valence-corrected chi connectivity index (χ2v) is 3.73. The van der Waals surface area contributed by atoms with Gasteiger partial charge in [-0.1, -0.05) is 11.6 Å². The van der Waals surface area contributed by atoms with E-state index in [0.717, 1.165) is 18.3 Å². The number of anilines is 1. The van der Waals surface area contributed by atoms with E-state index >= 15 is 0 Å². The van der Waals surface area contributed by atoms with Crippen molar-refractivity contribution in [1.82, 2.24) is 9.97 Å². The average molecular weight is 256 g/mol. The van der Waals surface area contributed by atoms with Gasteiger partial charge in [0.2, 0.25) is 5.95 Å². The molecule has 2 rings (SSSR count). The molecule has 0 saturated carbocycles. The van der Waals surface area contributed by atoms with E-state index in [0.29, 0.717) is 0 Å². The summed E-state index contributed by atoms with van der Waals surface area (Å²) in [6.07, 6.45) is 1.02. The van der Waals surface area contributed by atoms with Crippen molar-refractivity contribution in [3.8, 4) is 11.3 Å². The second kappa shape index (κ2) is 4.63.